The molecule has 4 heterocycles. The van der Waals surface area contributed by atoms with Crippen molar-refractivity contribution in [3.05, 3.63) is 57.9 Å². The Kier molecular flexibility index (Phi) is 7.28. The second-order valence-electron chi connectivity index (χ2n) is 11.1. The lowest BCUT2D eigenvalue weighted by Crippen LogP contribution is -2.50. The van der Waals surface area contributed by atoms with Crippen LogP contribution < -0.4 is 10.5 Å². The monoisotopic (exact) mass is 577 g/mol. The minimum atomic E-state index is -4.02. The van der Waals surface area contributed by atoms with Gasteiger partial charge in [0.25, 0.3) is 5.56 Å². The fourth-order valence-electron chi connectivity index (χ4n) is 5.95. The molecule has 12 heteroatoms. The number of carbonyl (C=O) groups excluding carboxylic acids is 1. The van der Waals surface area contributed by atoms with Crippen molar-refractivity contribution in [2.45, 2.75) is 49.5 Å². The number of hydrogen-bond donors (Lipinski definition) is 1. The third kappa shape index (κ3) is 5.21. The average molecular weight is 578 g/mol. The number of nitrogens with zero attached hydrogens (tertiary/aromatic N) is 6. The van der Waals surface area contributed by atoms with Gasteiger partial charge in [-0.3, -0.25) is 14.5 Å². The van der Waals surface area contributed by atoms with Crippen LogP contribution in [0.5, 0.6) is 0 Å². The molecule has 1 N–H and O–H groups in total. The van der Waals surface area contributed by atoms with E-state index < -0.39 is 15.4 Å². The van der Waals surface area contributed by atoms with Crippen molar-refractivity contribution in [3.63, 3.8) is 0 Å². The number of piperazine rings is 1. The predicted molar refractivity (Wildman–Crippen MR) is 156 cm³/mol. The fourth-order valence-corrected chi connectivity index (χ4v) is 7.43. The molecule has 0 atom stereocenters. The van der Waals surface area contributed by atoms with Crippen LogP contribution in [-0.4, -0.2) is 89.7 Å². The van der Waals surface area contributed by atoms with E-state index in [1.54, 1.807) is 31.2 Å². The molecule has 2 aliphatic heterocycles. The predicted octanol–water partition coefficient (Wildman–Crippen LogP) is 2.55. The van der Waals surface area contributed by atoms with E-state index in [1.807, 2.05) is 24.0 Å². The summed E-state index contributed by atoms with van der Waals surface area (Å²) < 4.78 is 28.6. The molecule has 41 heavy (non-hydrogen) atoms. The van der Waals surface area contributed by atoms with Gasteiger partial charge < -0.3 is 9.80 Å². The molecule has 0 spiro atoms. The third-order valence-corrected chi connectivity index (χ3v) is 10.1. The number of likely N-dealkylation sites (tertiary alicyclic amines) is 1. The van der Waals surface area contributed by atoms with E-state index >= 15 is 0 Å². The molecule has 11 nitrogen and oxygen atoms in total. The highest BCUT2D eigenvalue weighted by Crippen LogP contribution is 2.27. The van der Waals surface area contributed by atoms with Crippen LogP contribution in [0.25, 0.3) is 16.6 Å². The van der Waals surface area contributed by atoms with Gasteiger partial charge in [0.1, 0.15) is 0 Å². The zero-order valence-electron chi connectivity index (χ0n) is 23.5. The maximum Gasteiger partial charge on any atom is 0.281 e. The molecule has 4 aromatic rings. The number of fused-ring (bicyclic) bond motifs is 3. The van der Waals surface area contributed by atoms with Crippen LogP contribution in [0.2, 0.25) is 0 Å². The SMILES string of the molecule is Cc1ccc(S(=O)(=O)c2n[nH]n3c2nc(=O)c2ccc(N4CCN(CC(=O)N5CCCCCC5)CC4)cc23)c(C)c1. The molecule has 1 amide bonds. The van der Waals surface area contributed by atoms with E-state index in [1.165, 1.54) is 17.4 Å². The summed E-state index contributed by atoms with van der Waals surface area (Å²) in [6.45, 7) is 8.78. The fraction of sp³-hybridized carbons (Fsp3) is 0.448. The first-order chi connectivity index (χ1) is 19.7. The van der Waals surface area contributed by atoms with Crippen molar-refractivity contribution in [2.24, 2.45) is 0 Å². The number of H-pyrrole nitrogens is 1. The van der Waals surface area contributed by atoms with Crippen LogP contribution in [0.3, 0.4) is 0 Å². The van der Waals surface area contributed by atoms with E-state index in [4.69, 9.17) is 0 Å². The molecular weight excluding hydrogens is 542 g/mol. The largest absolute Gasteiger partial charge is 0.369 e. The first kappa shape index (κ1) is 27.4. The topological polar surface area (TPSA) is 124 Å². The minimum Gasteiger partial charge on any atom is -0.369 e. The van der Waals surface area contributed by atoms with Crippen molar-refractivity contribution in [2.75, 3.05) is 50.7 Å². The number of rotatable bonds is 5. The Morgan fingerprint density at radius 1 is 0.927 bits per heavy atom. The first-order valence-electron chi connectivity index (χ1n) is 14.2. The van der Waals surface area contributed by atoms with Crippen molar-refractivity contribution in [1.82, 2.24) is 29.6 Å². The van der Waals surface area contributed by atoms with Crippen molar-refractivity contribution < 1.29 is 13.2 Å². The standard InChI is InChI=1S/C29H35N7O4S/c1-20-7-10-25(21(2)17-20)41(39,40)29-27-30-28(38)23-9-8-22(18-24(23)36(27)32-31-29)34-15-13-33(14-16-34)19-26(37)35-11-5-3-4-6-12-35/h7-10,17-18,32H,3-6,11-16,19H2,1-2H3. The Labute approximate surface area is 238 Å². The van der Waals surface area contributed by atoms with E-state index in [9.17, 15) is 18.0 Å². The van der Waals surface area contributed by atoms with Crippen LogP contribution >= 0.6 is 0 Å². The van der Waals surface area contributed by atoms with Crippen LogP contribution in [0.1, 0.15) is 36.8 Å². The van der Waals surface area contributed by atoms with Gasteiger partial charge in [-0.1, -0.05) is 30.5 Å². The van der Waals surface area contributed by atoms with Crippen LogP contribution in [0.4, 0.5) is 5.69 Å². The van der Waals surface area contributed by atoms with E-state index in [0.717, 1.165) is 63.4 Å². The van der Waals surface area contributed by atoms with Crippen molar-refractivity contribution in [3.8, 4) is 0 Å². The molecule has 6 rings (SSSR count). The molecule has 0 saturated carbocycles. The molecule has 0 unspecified atom stereocenters. The number of sulfone groups is 1. The van der Waals surface area contributed by atoms with Gasteiger partial charge in [0.05, 0.1) is 22.3 Å². The van der Waals surface area contributed by atoms with Gasteiger partial charge in [-0.25, -0.2) is 18.1 Å². The number of anilines is 1. The molecule has 216 valence electrons. The number of aryl methyl sites for hydroxylation is 2. The molecule has 2 saturated heterocycles. The zero-order valence-corrected chi connectivity index (χ0v) is 24.3. The van der Waals surface area contributed by atoms with Gasteiger partial charge in [-0.2, -0.15) is 4.98 Å². The molecular formula is C29H35N7O4S. The van der Waals surface area contributed by atoms with Crippen molar-refractivity contribution in [1.29, 1.82) is 0 Å². The second kappa shape index (κ2) is 10.9. The smallest absolute Gasteiger partial charge is 0.281 e. The van der Waals surface area contributed by atoms with Crippen LogP contribution in [-0.2, 0) is 14.6 Å². The van der Waals surface area contributed by atoms with Gasteiger partial charge in [0.15, 0.2) is 5.65 Å². The quantitative estimate of drug-likeness (QED) is 0.384. The molecule has 2 aliphatic rings. The summed E-state index contributed by atoms with van der Waals surface area (Å²) in [7, 11) is -4.02. The van der Waals surface area contributed by atoms with Crippen molar-refractivity contribution >= 4 is 38.0 Å². The number of benzene rings is 2. The zero-order chi connectivity index (χ0) is 28.7. The van der Waals surface area contributed by atoms with Crippen LogP contribution in [0.15, 0.2) is 51.1 Å². The highest BCUT2D eigenvalue weighted by molar-refractivity contribution is 7.91. The molecule has 0 bridgehead atoms. The second-order valence-corrected chi connectivity index (χ2v) is 13.0. The molecule has 2 aromatic heterocycles. The Morgan fingerprint density at radius 3 is 2.37 bits per heavy atom. The van der Waals surface area contributed by atoms with E-state index in [2.05, 4.69) is 25.1 Å². The summed E-state index contributed by atoms with van der Waals surface area (Å²) in [6, 6.07) is 10.6. The number of aromatic nitrogens is 4. The van der Waals surface area contributed by atoms with Gasteiger partial charge in [-0.15, -0.1) is 5.10 Å². The van der Waals surface area contributed by atoms with E-state index in [0.29, 0.717) is 23.0 Å². The number of carbonyl (C=O) groups is 1. The summed E-state index contributed by atoms with van der Waals surface area (Å²) in [5.41, 5.74) is 2.42. The van der Waals surface area contributed by atoms with E-state index in [-0.39, 0.29) is 21.5 Å². The Balaban J connectivity index is 1.25. The molecule has 2 aromatic carbocycles. The van der Waals surface area contributed by atoms with Gasteiger partial charge in [0.2, 0.25) is 20.8 Å². The third-order valence-electron chi connectivity index (χ3n) is 8.24. The number of nitrogens with one attached hydrogen (secondary N) is 1. The lowest BCUT2D eigenvalue weighted by atomic mass is 10.2. The number of aromatic amines is 1. The Morgan fingerprint density at radius 2 is 1.66 bits per heavy atom. The maximum atomic E-state index is 13.6. The van der Waals surface area contributed by atoms with Crippen LogP contribution in [0, 0.1) is 13.8 Å². The van der Waals surface area contributed by atoms with Gasteiger partial charge >= 0.3 is 0 Å². The summed E-state index contributed by atoms with van der Waals surface area (Å²) in [4.78, 5) is 36.5. The normalized spacial score (nSPS) is 17.3. The highest BCUT2D eigenvalue weighted by Gasteiger charge is 2.28. The summed E-state index contributed by atoms with van der Waals surface area (Å²) in [5, 5.41) is 6.98. The Hall–Kier alpha value is -3.77. The van der Waals surface area contributed by atoms with Gasteiger partial charge in [-0.05, 0) is 56.5 Å². The Bertz CT molecular complexity index is 1780. The minimum absolute atomic E-state index is 0.0310. The first-order valence-corrected chi connectivity index (χ1v) is 15.7. The summed E-state index contributed by atoms with van der Waals surface area (Å²) in [6.07, 6.45) is 4.57. The number of hydrogen-bond acceptors (Lipinski definition) is 8. The lowest BCUT2D eigenvalue weighted by molar-refractivity contribution is -0.132. The molecule has 2 fully saturated rings. The summed E-state index contributed by atoms with van der Waals surface area (Å²) >= 11 is 0. The molecule has 0 radical (unpaired) electrons. The summed E-state index contributed by atoms with van der Waals surface area (Å²) in [5.74, 6) is 0.214. The average Bonchev–Trinajstić information content (AvgIpc) is 3.19. The lowest BCUT2D eigenvalue weighted by Gasteiger charge is -2.36. The molecule has 0 aliphatic carbocycles. The maximum absolute atomic E-state index is 13.6. The number of amides is 1. The highest BCUT2D eigenvalue weighted by atomic mass is 32.2. The van der Waals surface area contributed by atoms with Gasteiger partial charge in [0, 0.05) is 45.0 Å².